The van der Waals surface area contributed by atoms with Crippen molar-refractivity contribution < 1.29 is 15.0 Å². The first-order valence-corrected chi connectivity index (χ1v) is 10.00. The zero-order valence-electron chi connectivity index (χ0n) is 15.4. The Balaban J connectivity index is 1.60. The fourth-order valence-electron chi connectivity index (χ4n) is 2.47. The van der Waals surface area contributed by atoms with Crippen molar-refractivity contribution in [1.82, 2.24) is 20.2 Å². The number of halogens is 1. The van der Waals surface area contributed by atoms with E-state index in [1.165, 1.54) is 36.2 Å². The zero-order chi connectivity index (χ0) is 20.8. The zero-order valence-corrected chi connectivity index (χ0v) is 17.0. The molecule has 8 nitrogen and oxygen atoms in total. The molecule has 0 radical (unpaired) electrons. The molecule has 0 saturated heterocycles. The number of carbonyl (C=O) groups excluding carboxylic acids is 1. The summed E-state index contributed by atoms with van der Waals surface area (Å²) in [5, 5.41) is 32.4. The van der Waals surface area contributed by atoms with Crippen LogP contribution in [-0.2, 0) is 11.3 Å². The van der Waals surface area contributed by atoms with Crippen LogP contribution in [0, 0.1) is 0 Å². The smallest absolute Gasteiger partial charge is 0.250 e. The van der Waals surface area contributed by atoms with Crippen LogP contribution in [0.4, 0.5) is 0 Å². The highest BCUT2D eigenvalue weighted by atomic mass is 35.5. The van der Waals surface area contributed by atoms with Gasteiger partial charge in [-0.05, 0) is 43.3 Å². The van der Waals surface area contributed by atoms with Crippen LogP contribution in [0.3, 0.4) is 0 Å². The molecule has 0 atom stereocenters. The van der Waals surface area contributed by atoms with Crippen molar-refractivity contribution in [3.05, 3.63) is 53.1 Å². The third kappa shape index (κ3) is 5.27. The molecule has 0 spiro atoms. The molecule has 1 aromatic heterocycles. The summed E-state index contributed by atoms with van der Waals surface area (Å²) in [7, 11) is 0. The molecule has 1 amide bonds. The fourth-order valence-corrected chi connectivity index (χ4v) is 3.39. The highest BCUT2D eigenvalue weighted by molar-refractivity contribution is 7.99. The van der Waals surface area contributed by atoms with Gasteiger partial charge in [-0.25, -0.2) is 5.43 Å². The van der Waals surface area contributed by atoms with Gasteiger partial charge >= 0.3 is 0 Å². The van der Waals surface area contributed by atoms with E-state index in [2.05, 4.69) is 20.7 Å². The summed E-state index contributed by atoms with van der Waals surface area (Å²) in [5.41, 5.74) is 3.65. The minimum atomic E-state index is -0.330. The van der Waals surface area contributed by atoms with Gasteiger partial charge < -0.3 is 14.8 Å². The number of amides is 1. The van der Waals surface area contributed by atoms with Crippen molar-refractivity contribution in [3.63, 3.8) is 0 Å². The fraction of sp³-hybridized carbons (Fsp3) is 0.158. The highest BCUT2D eigenvalue weighted by Crippen LogP contribution is 2.25. The number of hydrogen-bond donors (Lipinski definition) is 3. The van der Waals surface area contributed by atoms with E-state index in [0.717, 1.165) is 5.56 Å². The number of thioether (sulfide) groups is 1. The monoisotopic (exact) mass is 431 g/mol. The number of aromatic nitrogens is 3. The number of aromatic hydroxyl groups is 2. The largest absolute Gasteiger partial charge is 0.508 e. The molecule has 3 N–H and O–H groups in total. The van der Waals surface area contributed by atoms with Crippen molar-refractivity contribution in [3.8, 4) is 22.9 Å². The summed E-state index contributed by atoms with van der Waals surface area (Å²) < 4.78 is 1.92. The Kier molecular flexibility index (Phi) is 6.73. The van der Waals surface area contributed by atoms with Gasteiger partial charge in [0.25, 0.3) is 5.91 Å². The van der Waals surface area contributed by atoms with E-state index in [-0.39, 0.29) is 23.2 Å². The lowest BCUT2D eigenvalue weighted by atomic mass is 10.2. The topological polar surface area (TPSA) is 113 Å². The number of hydrogen-bond acceptors (Lipinski definition) is 7. The van der Waals surface area contributed by atoms with Crippen LogP contribution in [0.15, 0.2) is 52.7 Å². The Hall–Kier alpha value is -3.04. The van der Waals surface area contributed by atoms with Gasteiger partial charge in [0.05, 0.1) is 12.0 Å². The Morgan fingerprint density at radius 1 is 1.24 bits per heavy atom. The molecular formula is C19H18ClN5O3S. The van der Waals surface area contributed by atoms with E-state index in [9.17, 15) is 15.0 Å². The number of carbonyl (C=O) groups is 1. The Morgan fingerprint density at radius 2 is 2.00 bits per heavy atom. The van der Waals surface area contributed by atoms with Crippen LogP contribution >= 0.6 is 23.4 Å². The van der Waals surface area contributed by atoms with E-state index in [0.29, 0.717) is 28.1 Å². The first-order valence-electron chi connectivity index (χ1n) is 8.63. The summed E-state index contributed by atoms with van der Waals surface area (Å²) in [6.07, 6.45) is 1.30. The summed E-state index contributed by atoms with van der Waals surface area (Å²) >= 11 is 7.18. The molecule has 29 heavy (non-hydrogen) atoms. The molecule has 0 saturated carbocycles. The first kappa shape index (κ1) is 20.7. The van der Waals surface area contributed by atoms with E-state index in [1.54, 1.807) is 12.1 Å². The molecule has 0 aliphatic carbocycles. The molecule has 0 bridgehead atoms. The van der Waals surface area contributed by atoms with Crippen molar-refractivity contribution in [1.29, 1.82) is 0 Å². The molecule has 0 aliphatic heterocycles. The predicted molar refractivity (Wildman–Crippen MR) is 112 cm³/mol. The summed E-state index contributed by atoms with van der Waals surface area (Å²) in [6, 6.07) is 11.4. The minimum absolute atomic E-state index is 0.0573. The van der Waals surface area contributed by atoms with Gasteiger partial charge in [0.1, 0.15) is 11.5 Å². The maximum Gasteiger partial charge on any atom is 0.250 e. The van der Waals surface area contributed by atoms with E-state index < -0.39 is 0 Å². The standard InChI is InChI=1S/C19H18ClN5O3S/c1-2-25-18(12-3-6-14(20)7-4-12)23-24-19(25)29-11-17(28)22-21-10-13-5-8-15(26)9-16(13)27/h3-10,26-27H,2,11H2,1H3,(H,22,28)/b21-10+. The van der Waals surface area contributed by atoms with Crippen molar-refractivity contribution >= 4 is 35.5 Å². The molecule has 0 fully saturated rings. The molecule has 3 rings (SSSR count). The van der Waals surface area contributed by atoms with Crippen molar-refractivity contribution in [2.75, 3.05) is 5.75 Å². The summed E-state index contributed by atoms with van der Waals surface area (Å²) in [5.74, 6) is 0.273. The van der Waals surface area contributed by atoms with Gasteiger partial charge in [-0.2, -0.15) is 5.10 Å². The van der Waals surface area contributed by atoms with Gasteiger partial charge in [-0.15, -0.1) is 10.2 Å². The second-order valence-electron chi connectivity index (χ2n) is 5.88. The van der Waals surface area contributed by atoms with Crippen LogP contribution in [0.5, 0.6) is 11.5 Å². The highest BCUT2D eigenvalue weighted by Gasteiger charge is 2.14. The van der Waals surface area contributed by atoms with Crippen LogP contribution < -0.4 is 5.43 Å². The number of rotatable bonds is 7. The number of nitrogens with zero attached hydrogens (tertiary/aromatic N) is 4. The van der Waals surface area contributed by atoms with Crippen LogP contribution in [0.2, 0.25) is 5.02 Å². The lowest BCUT2D eigenvalue weighted by molar-refractivity contribution is -0.118. The van der Waals surface area contributed by atoms with Crippen LogP contribution in [-0.4, -0.2) is 42.9 Å². The number of benzene rings is 2. The third-order valence-corrected chi connectivity index (χ3v) is 5.09. The lowest BCUT2D eigenvalue weighted by Gasteiger charge is -2.07. The molecule has 2 aromatic carbocycles. The Bertz CT molecular complexity index is 1040. The predicted octanol–water partition coefficient (Wildman–Crippen LogP) is 3.27. The molecule has 150 valence electrons. The second kappa shape index (κ2) is 9.44. The quantitative estimate of drug-likeness (QED) is 0.300. The van der Waals surface area contributed by atoms with E-state index in [4.69, 9.17) is 11.6 Å². The molecule has 1 heterocycles. The second-order valence-corrected chi connectivity index (χ2v) is 7.26. The molecule has 0 unspecified atom stereocenters. The average Bonchev–Trinajstić information content (AvgIpc) is 3.11. The van der Waals surface area contributed by atoms with E-state index in [1.807, 2.05) is 23.6 Å². The van der Waals surface area contributed by atoms with Crippen LogP contribution in [0.25, 0.3) is 11.4 Å². The summed E-state index contributed by atoms with van der Waals surface area (Å²) in [6.45, 7) is 2.62. The normalized spacial score (nSPS) is 11.1. The van der Waals surface area contributed by atoms with E-state index >= 15 is 0 Å². The maximum absolute atomic E-state index is 12.0. The van der Waals surface area contributed by atoms with Crippen molar-refractivity contribution in [2.24, 2.45) is 5.10 Å². The number of nitrogens with one attached hydrogen (secondary N) is 1. The average molecular weight is 432 g/mol. The third-order valence-electron chi connectivity index (χ3n) is 3.87. The maximum atomic E-state index is 12.0. The van der Waals surface area contributed by atoms with Crippen molar-refractivity contribution in [2.45, 2.75) is 18.6 Å². The SMILES string of the molecule is CCn1c(SCC(=O)N/N=C/c2ccc(O)cc2O)nnc1-c1ccc(Cl)cc1. The Labute approximate surface area is 176 Å². The molecule has 0 aliphatic rings. The van der Waals surface area contributed by atoms with Crippen LogP contribution in [0.1, 0.15) is 12.5 Å². The minimum Gasteiger partial charge on any atom is -0.508 e. The molecular weight excluding hydrogens is 414 g/mol. The molecule has 10 heteroatoms. The van der Waals surface area contributed by atoms with Gasteiger partial charge in [0.2, 0.25) is 0 Å². The van der Waals surface area contributed by atoms with Gasteiger partial charge in [-0.3, -0.25) is 4.79 Å². The van der Waals surface area contributed by atoms with Gasteiger partial charge in [0, 0.05) is 28.8 Å². The summed E-state index contributed by atoms with van der Waals surface area (Å²) in [4.78, 5) is 12.0. The first-order chi connectivity index (χ1) is 14.0. The van der Waals surface area contributed by atoms with Gasteiger partial charge in [0.15, 0.2) is 11.0 Å². The number of phenols is 2. The number of hydrazone groups is 1. The lowest BCUT2D eigenvalue weighted by Crippen LogP contribution is -2.20. The van der Waals surface area contributed by atoms with Gasteiger partial charge in [-0.1, -0.05) is 23.4 Å². The Morgan fingerprint density at radius 3 is 2.69 bits per heavy atom. The number of phenolic OH excluding ortho intramolecular Hbond substituents is 2. The molecule has 3 aromatic rings.